The monoisotopic (exact) mass is 414 g/mol. The van der Waals surface area contributed by atoms with Gasteiger partial charge in [0.05, 0.1) is 0 Å². The summed E-state index contributed by atoms with van der Waals surface area (Å²) < 4.78 is 1.90. The first-order valence-corrected chi connectivity index (χ1v) is 7.43. The molecule has 0 aromatic heterocycles. The number of rotatable bonds is 2. The fraction of sp³-hybridized carbons (Fsp3) is 0.133. The van der Waals surface area contributed by atoms with Gasteiger partial charge in [-0.2, -0.15) is 0 Å². The van der Waals surface area contributed by atoms with Crippen molar-refractivity contribution in [2.75, 3.05) is 0 Å². The minimum absolute atomic E-state index is 0.0588. The Morgan fingerprint density at radius 2 is 1.78 bits per heavy atom. The summed E-state index contributed by atoms with van der Waals surface area (Å²) in [6.45, 7) is 4.07. The number of halogens is 2. The summed E-state index contributed by atoms with van der Waals surface area (Å²) in [7, 11) is 0. The molecule has 0 saturated carbocycles. The van der Waals surface area contributed by atoms with Crippen LogP contribution in [0.2, 0.25) is 0 Å². The van der Waals surface area contributed by atoms with E-state index < -0.39 is 0 Å². The Balaban J connectivity index is 2.47. The van der Waals surface area contributed by atoms with Gasteiger partial charge in [-0.25, -0.2) is 0 Å². The highest BCUT2D eigenvalue weighted by Gasteiger charge is 2.13. The maximum Gasteiger partial charge on any atom is 0.194 e. The van der Waals surface area contributed by atoms with Gasteiger partial charge in [-0.1, -0.05) is 28.1 Å². The van der Waals surface area contributed by atoms with Gasteiger partial charge < -0.3 is 0 Å². The summed E-state index contributed by atoms with van der Waals surface area (Å²) in [5.74, 6) is 0.0588. The molecule has 3 heteroatoms. The molecule has 2 rings (SSSR count). The van der Waals surface area contributed by atoms with Crippen LogP contribution < -0.4 is 0 Å². The molecule has 0 fully saturated rings. The first-order chi connectivity index (χ1) is 8.49. The van der Waals surface area contributed by atoms with E-state index in [1.807, 2.05) is 50.2 Å². The second-order valence-corrected chi connectivity index (χ2v) is 6.35. The van der Waals surface area contributed by atoms with E-state index in [0.29, 0.717) is 5.56 Å². The van der Waals surface area contributed by atoms with E-state index in [1.54, 1.807) is 0 Å². The van der Waals surface area contributed by atoms with E-state index >= 15 is 0 Å². The first-order valence-electron chi connectivity index (χ1n) is 5.56. The Labute approximate surface area is 129 Å². The molecule has 0 aliphatic carbocycles. The van der Waals surface area contributed by atoms with E-state index in [0.717, 1.165) is 19.2 Å². The molecule has 0 aliphatic rings. The SMILES string of the molecule is Cc1ccc(C(=O)c2cc(I)ccc2Br)cc1C. The Hall–Kier alpha value is -0.680. The van der Waals surface area contributed by atoms with Gasteiger partial charge in [0.15, 0.2) is 5.78 Å². The van der Waals surface area contributed by atoms with Gasteiger partial charge in [-0.15, -0.1) is 0 Å². The third kappa shape index (κ3) is 2.83. The van der Waals surface area contributed by atoms with Gasteiger partial charge >= 0.3 is 0 Å². The highest BCUT2D eigenvalue weighted by Crippen LogP contribution is 2.23. The van der Waals surface area contributed by atoms with Crippen molar-refractivity contribution >= 4 is 44.3 Å². The second kappa shape index (κ2) is 5.53. The summed E-state index contributed by atoms with van der Waals surface area (Å²) in [5.41, 5.74) is 3.79. The van der Waals surface area contributed by atoms with Crippen LogP contribution in [0.1, 0.15) is 27.0 Å². The molecule has 0 heterocycles. The van der Waals surface area contributed by atoms with Crippen molar-refractivity contribution in [2.24, 2.45) is 0 Å². The summed E-state index contributed by atoms with van der Waals surface area (Å²) in [5, 5.41) is 0. The molecule has 0 amide bonds. The smallest absolute Gasteiger partial charge is 0.194 e. The summed E-state index contributed by atoms with van der Waals surface area (Å²) >= 11 is 5.65. The highest BCUT2D eigenvalue weighted by molar-refractivity contribution is 14.1. The number of carbonyl (C=O) groups is 1. The maximum atomic E-state index is 12.4. The van der Waals surface area contributed by atoms with Crippen molar-refractivity contribution in [1.82, 2.24) is 0 Å². The van der Waals surface area contributed by atoms with Crippen LogP contribution in [0.25, 0.3) is 0 Å². The molecule has 0 bridgehead atoms. The molecule has 0 radical (unpaired) electrons. The van der Waals surface area contributed by atoms with Gasteiger partial charge in [-0.05, 0) is 71.8 Å². The molecule has 0 N–H and O–H groups in total. The molecule has 2 aromatic rings. The lowest BCUT2D eigenvalue weighted by Gasteiger charge is -2.07. The van der Waals surface area contributed by atoms with Crippen LogP contribution in [0.4, 0.5) is 0 Å². The van der Waals surface area contributed by atoms with E-state index in [-0.39, 0.29) is 5.78 Å². The summed E-state index contributed by atoms with van der Waals surface area (Å²) in [6.07, 6.45) is 0. The number of hydrogen-bond donors (Lipinski definition) is 0. The van der Waals surface area contributed by atoms with Crippen LogP contribution in [0, 0.1) is 17.4 Å². The highest BCUT2D eigenvalue weighted by atomic mass is 127. The lowest BCUT2D eigenvalue weighted by molar-refractivity contribution is 0.103. The van der Waals surface area contributed by atoms with Crippen molar-refractivity contribution in [3.05, 3.63) is 66.7 Å². The first kappa shape index (κ1) is 13.7. The van der Waals surface area contributed by atoms with Gasteiger partial charge in [0, 0.05) is 19.2 Å². The third-order valence-electron chi connectivity index (χ3n) is 2.94. The minimum Gasteiger partial charge on any atom is -0.289 e. The zero-order valence-corrected chi connectivity index (χ0v) is 13.9. The topological polar surface area (TPSA) is 17.1 Å². The van der Waals surface area contributed by atoms with Crippen molar-refractivity contribution in [3.63, 3.8) is 0 Å². The largest absolute Gasteiger partial charge is 0.289 e. The van der Waals surface area contributed by atoms with E-state index in [4.69, 9.17) is 0 Å². The van der Waals surface area contributed by atoms with Gasteiger partial charge in [0.2, 0.25) is 0 Å². The van der Waals surface area contributed by atoms with Crippen molar-refractivity contribution < 1.29 is 4.79 Å². The standard InChI is InChI=1S/C15H12BrIO/c1-9-3-4-11(7-10(9)2)15(18)13-8-12(17)5-6-14(13)16/h3-8H,1-2H3. The van der Waals surface area contributed by atoms with Gasteiger partial charge in [0.25, 0.3) is 0 Å². The molecular formula is C15H12BrIO. The predicted molar refractivity (Wildman–Crippen MR) is 86.2 cm³/mol. The minimum atomic E-state index is 0.0588. The van der Waals surface area contributed by atoms with Crippen molar-refractivity contribution in [3.8, 4) is 0 Å². The van der Waals surface area contributed by atoms with Gasteiger partial charge in [0.1, 0.15) is 0 Å². The van der Waals surface area contributed by atoms with E-state index in [1.165, 1.54) is 5.56 Å². The van der Waals surface area contributed by atoms with Crippen LogP contribution in [-0.4, -0.2) is 5.78 Å². The number of aryl methyl sites for hydroxylation is 2. The third-order valence-corrected chi connectivity index (χ3v) is 4.30. The van der Waals surface area contributed by atoms with E-state index in [2.05, 4.69) is 38.5 Å². The average Bonchev–Trinajstić information content (AvgIpc) is 2.35. The molecule has 0 atom stereocenters. The van der Waals surface area contributed by atoms with Crippen LogP contribution in [0.5, 0.6) is 0 Å². The van der Waals surface area contributed by atoms with Crippen LogP contribution >= 0.6 is 38.5 Å². The number of carbonyl (C=O) groups excluding carboxylic acids is 1. The summed E-state index contributed by atoms with van der Waals surface area (Å²) in [6, 6.07) is 11.6. The zero-order valence-electron chi connectivity index (χ0n) is 10.1. The van der Waals surface area contributed by atoms with E-state index in [9.17, 15) is 4.79 Å². The lowest BCUT2D eigenvalue weighted by Crippen LogP contribution is -2.03. The Kier molecular flexibility index (Phi) is 4.22. The average molecular weight is 415 g/mol. The number of benzene rings is 2. The molecule has 0 unspecified atom stereocenters. The number of hydrogen-bond acceptors (Lipinski definition) is 1. The quantitative estimate of drug-likeness (QED) is 0.504. The molecule has 0 aliphatic heterocycles. The second-order valence-electron chi connectivity index (χ2n) is 4.25. The van der Waals surface area contributed by atoms with Crippen molar-refractivity contribution in [2.45, 2.75) is 13.8 Å². The Morgan fingerprint density at radius 1 is 1.06 bits per heavy atom. The normalized spacial score (nSPS) is 10.4. The molecule has 0 spiro atoms. The Morgan fingerprint density at radius 3 is 2.44 bits per heavy atom. The molecule has 1 nitrogen and oxygen atoms in total. The fourth-order valence-electron chi connectivity index (χ4n) is 1.71. The molecule has 2 aromatic carbocycles. The molecule has 92 valence electrons. The van der Waals surface area contributed by atoms with Gasteiger partial charge in [-0.3, -0.25) is 4.79 Å². The van der Waals surface area contributed by atoms with Crippen LogP contribution in [0.3, 0.4) is 0 Å². The van der Waals surface area contributed by atoms with Crippen molar-refractivity contribution in [1.29, 1.82) is 0 Å². The summed E-state index contributed by atoms with van der Waals surface area (Å²) in [4.78, 5) is 12.4. The molecular weight excluding hydrogens is 403 g/mol. The zero-order chi connectivity index (χ0) is 13.3. The fourth-order valence-corrected chi connectivity index (χ4v) is 2.63. The van der Waals surface area contributed by atoms with Crippen LogP contribution in [0.15, 0.2) is 40.9 Å². The number of ketones is 1. The molecule has 18 heavy (non-hydrogen) atoms. The van der Waals surface area contributed by atoms with Crippen LogP contribution in [-0.2, 0) is 0 Å². The predicted octanol–water partition coefficient (Wildman–Crippen LogP) is 4.90. The Bertz CT molecular complexity index is 620. The molecule has 0 saturated heterocycles. The lowest BCUT2D eigenvalue weighted by atomic mass is 9.99. The maximum absolute atomic E-state index is 12.4.